The number of methoxy groups -OCH3 is 1. The van der Waals surface area contributed by atoms with Crippen molar-refractivity contribution in [3.8, 4) is 0 Å². The highest BCUT2D eigenvalue weighted by molar-refractivity contribution is 5.73. The number of alkyl halides is 1. The van der Waals surface area contributed by atoms with Gasteiger partial charge in [-0.05, 0) is 69.9 Å². The summed E-state index contributed by atoms with van der Waals surface area (Å²) in [6, 6.07) is 3.40. The number of aryl methyl sites for hydroxylation is 3. The van der Waals surface area contributed by atoms with Gasteiger partial charge < -0.3 is 9.30 Å². The first-order chi connectivity index (χ1) is 16.8. The standard InChI is InChI=1S/C27H36FN5O2/c1-6-19(13-22(35-5)21-11-12-23(34)33(4)15-21)26-31-24(20-9-7-18(14-28)8-10-20)25-27(32-26)30-17(3)16(2)29-25/h11-12,15,18-20,22H,6-10,13-14H2,1-5H3. The van der Waals surface area contributed by atoms with Gasteiger partial charge in [0.1, 0.15) is 11.3 Å². The summed E-state index contributed by atoms with van der Waals surface area (Å²) in [4.78, 5) is 31.5. The molecule has 0 bridgehead atoms. The molecule has 0 radical (unpaired) electrons. The van der Waals surface area contributed by atoms with E-state index in [0.29, 0.717) is 12.1 Å². The molecule has 3 aromatic rings. The molecule has 4 rings (SSSR count). The lowest BCUT2D eigenvalue weighted by molar-refractivity contribution is 0.0870. The number of aromatic nitrogens is 5. The zero-order valence-corrected chi connectivity index (χ0v) is 21.4. The zero-order chi connectivity index (χ0) is 25.1. The van der Waals surface area contributed by atoms with Crippen molar-refractivity contribution in [2.24, 2.45) is 13.0 Å². The number of ether oxygens (including phenoxy) is 1. The molecular formula is C27H36FN5O2. The molecular weight excluding hydrogens is 445 g/mol. The summed E-state index contributed by atoms with van der Waals surface area (Å²) in [6.07, 6.45) is 6.71. The highest BCUT2D eigenvalue weighted by atomic mass is 19.1. The Kier molecular flexibility index (Phi) is 7.89. The molecule has 0 N–H and O–H groups in total. The molecule has 1 aliphatic carbocycles. The Labute approximate surface area is 206 Å². The van der Waals surface area contributed by atoms with Crippen LogP contribution in [0.3, 0.4) is 0 Å². The van der Waals surface area contributed by atoms with Crippen LogP contribution in [0.2, 0.25) is 0 Å². The molecule has 188 valence electrons. The number of fused-ring (bicyclic) bond motifs is 1. The van der Waals surface area contributed by atoms with E-state index in [0.717, 1.165) is 66.1 Å². The summed E-state index contributed by atoms with van der Waals surface area (Å²) in [6.45, 7) is 5.80. The number of pyridine rings is 1. The first kappa shape index (κ1) is 25.4. The minimum atomic E-state index is -0.248. The van der Waals surface area contributed by atoms with Crippen molar-refractivity contribution in [3.05, 3.63) is 57.2 Å². The average molecular weight is 482 g/mol. The van der Waals surface area contributed by atoms with Gasteiger partial charge in [-0.25, -0.2) is 19.9 Å². The van der Waals surface area contributed by atoms with Crippen molar-refractivity contribution in [2.75, 3.05) is 13.8 Å². The molecule has 0 spiro atoms. The molecule has 8 heteroatoms. The van der Waals surface area contributed by atoms with Gasteiger partial charge >= 0.3 is 0 Å². The second-order valence-corrected chi connectivity index (χ2v) is 9.88. The maximum Gasteiger partial charge on any atom is 0.250 e. The highest BCUT2D eigenvalue weighted by Crippen LogP contribution is 2.39. The van der Waals surface area contributed by atoms with Crippen LogP contribution < -0.4 is 5.56 Å². The Bertz CT molecular complexity index is 1240. The zero-order valence-electron chi connectivity index (χ0n) is 21.4. The third-order valence-electron chi connectivity index (χ3n) is 7.56. The van der Waals surface area contributed by atoms with Crippen LogP contribution in [0, 0.1) is 19.8 Å². The van der Waals surface area contributed by atoms with E-state index in [1.807, 2.05) is 26.1 Å². The second-order valence-electron chi connectivity index (χ2n) is 9.88. The lowest BCUT2D eigenvalue weighted by Gasteiger charge is -2.28. The molecule has 1 fully saturated rings. The second kappa shape index (κ2) is 10.9. The highest BCUT2D eigenvalue weighted by Gasteiger charge is 2.29. The van der Waals surface area contributed by atoms with Crippen LogP contribution in [0.25, 0.3) is 11.2 Å². The molecule has 7 nitrogen and oxygen atoms in total. The third-order valence-corrected chi connectivity index (χ3v) is 7.56. The Morgan fingerprint density at radius 2 is 1.80 bits per heavy atom. The van der Waals surface area contributed by atoms with Crippen molar-refractivity contribution in [1.29, 1.82) is 0 Å². The Morgan fingerprint density at radius 3 is 2.43 bits per heavy atom. The van der Waals surface area contributed by atoms with Gasteiger partial charge in [0.25, 0.3) is 0 Å². The van der Waals surface area contributed by atoms with Gasteiger partial charge in [-0.2, -0.15) is 0 Å². The van der Waals surface area contributed by atoms with Crippen LogP contribution >= 0.6 is 0 Å². The first-order valence-corrected chi connectivity index (χ1v) is 12.6. The van der Waals surface area contributed by atoms with Gasteiger partial charge in [0.15, 0.2) is 5.65 Å². The maximum atomic E-state index is 13.2. The number of rotatable bonds is 8. The smallest absolute Gasteiger partial charge is 0.250 e. The van der Waals surface area contributed by atoms with E-state index in [2.05, 4.69) is 6.92 Å². The summed E-state index contributed by atoms with van der Waals surface area (Å²) in [7, 11) is 3.44. The predicted octanol–water partition coefficient (Wildman–Crippen LogP) is 5.25. The van der Waals surface area contributed by atoms with Crippen LogP contribution in [-0.4, -0.2) is 38.3 Å². The monoisotopic (exact) mass is 481 g/mol. The molecule has 2 atom stereocenters. The topological polar surface area (TPSA) is 82.8 Å². The van der Waals surface area contributed by atoms with Crippen molar-refractivity contribution in [1.82, 2.24) is 24.5 Å². The van der Waals surface area contributed by atoms with E-state index in [4.69, 9.17) is 24.7 Å². The lowest BCUT2D eigenvalue weighted by atomic mass is 9.80. The average Bonchev–Trinajstić information content (AvgIpc) is 2.87. The molecule has 0 amide bonds. The maximum absolute atomic E-state index is 13.2. The summed E-state index contributed by atoms with van der Waals surface area (Å²) in [5.74, 6) is 1.19. The van der Waals surface area contributed by atoms with Crippen molar-refractivity contribution in [3.63, 3.8) is 0 Å². The van der Waals surface area contributed by atoms with Gasteiger partial charge in [-0.1, -0.05) is 6.92 Å². The molecule has 2 unspecified atom stereocenters. The molecule has 3 heterocycles. The van der Waals surface area contributed by atoms with Crippen LogP contribution in [-0.2, 0) is 11.8 Å². The van der Waals surface area contributed by atoms with Gasteiger partial charge in [-0.3, -0.25) is 9.18 Å². The fourth-order valence-corrected chi connectivity index (χ4v) is 5.10. The van der Waals surface area contributed by atoms with Crippen LogP contribution in [0.5, 0.6) is 0 Å². The Balaban J connectivity index is 1.72. The number of halogens is 1. The van der Waals surface area contributed by atoms with E-state index in [1.165, 1.54) is 0 Å². The summed E-state index contributed by atoms with van der Waals surface area (Å²) in [5.41, 5.74) is 5.00. The molecule has 1 saturated carbocycles. The molecule has 1 aliphatic rings. The summed E-state index contributed by atoms with van der Waals surface area (Å²) >= 11 is 0. The van der Waals surface area contributed by atoms with E-state index < -0.39 is 0 Å². The molecule has 0 saturated heterocycles. The summed E-state index contributed by atoms with van der Waals surface area (Å²) < 4.78 is 20.7. The molecule has 0 aromatic carbocycles. The van der Waals surface area contributed by atoms with E-state index >= 15 is 0 Å². The molecule has 3 aromatic heterocycles. The van der Waals surface area contributed by atoms with Crippen molar-refractivity contribution in [2.45, 2.75) is 77.2 Å². The first-order valence-electron chi connectivity index (χ1n) is 12.6. The summed E-state index contributed by atoms with van der Waals surface area (Å²) in [5, 5.41) is 0. The van der Waals surface area contributed by atoms with E-state index in [9.17, 15) is 9.18 Å². The van der Waals surface area contributed by atoms with Crippen molar-refractivity contribution < 1.29 is 9.13 Å². The SMILES string of the molecule is CCC(CC(OC)c1ccc(=O)n(C)c1)c1nc(C2CCC(CF)CC2)c2nc(C)c(C)nc2n1. The van der Waals surface area contributed by atoms with Crippen molar-refractivity contribution >= 4 is 11.2 Å². The van der Waals surface area contributed by atoms with Crippen LogP contribution in [0.15, 0.2) is 23.1 Å². The number of hydrogen-bond donors (Lipinski definition) is 0. The number of hydrogen-bond acceptors (Lipinski definition) is 6. The largest absolute Gasteiger partial charge is 0.377 e. The van der Waals surface area contributed by atoms with E-state index in [1.54, 1.807) is 24.8 Å². The molecule has 0 aliphatic heterocycles. The normalized spacial score (nSPS) is 20.2. The van der Waals surface area contributed by atoms with Gasteiger partial charge in [0.05, 0.1) is 29.9 Å². The van der Waals surface area contributed by atoms with Gasteiger partial charge in [0, 0.05) is 38.3 Å². The third kappa shape index (κ3) is 5.42. The van der Waals surface area contributed by atoms with Gasteiger partial charge in [0.2, 0.25) is 5.56 Å². The fraction of sp³-hybridized carbons (Fsp3) is 0.593. The quantitative estimate of drug-likeness (QED) is 0.437. The van der Waals surface area contributed by atoms with Gasteiger partial charge in [-0.15, -0.1) is 0 Å². The molecule has 35 heavy (non-hydrogen) atoms. The lowest BCUT2D eigenvalue weighted by Crippen LogP contribution is -2.19. The predicted molar refractivity (Wildman–Crippen MR) is 134 cm³/mol. The Hall–Kier alpha value is -2.74. The Morgan fingerprint density at radius 1 is 1.09 bits per heavy atom. The van der Waals surface area contributed by atoms with Crippen LogP contribution in [0.4, 0.5) is 4.39 Å². The minimum absolute atomic E-state index is 0.0472. The minimum Gasteiger partial charge on any atom is -0.377 e. The van der Waals surface area contributed by atoms with Crippen LogP contribution in [0.1, 0.15) is 91.9 Å². The van der Waals surface area contributed by atoms with E-state index in [-0.39, 0.29) is 36.1 Å². The number of nitrogens with zero attached hydrogens (tertiary/aromatic N) is 5. The fourth-order valence-electron chi connectivity index (χ4n) is 5.10.